The Bertz CT molecular complexity index is 547. The number of anilines is 1. The number of carbonyl (C=O) groups excluding carboxylic acids is 1. The Labute approximate surface area is 126 Å². The van der Waals surface area contributed by atoms with Crippen molar-refractivity contribution in [2.75, 3.05) is 11.9 Å². The first-order chi connectivity index (χ1) is 9.41. The summed E-state index contributed by atoms with van der Waals surface area (Å²) in [6, 6.07) is 4.44. The molecule has 1 heterocycles. The van der Waals surface area contributed by atoms with Crippen molar-refractivity contribution >= 4 is 33.6 Å². The first-order valence-electron chi connectivity index (χ1n) is 6.47. The van der Waals surface area contributed by atoms with Crippen LogP contribution in [0.2, 0.25) is 0 Å². The van der Waals surface area contributed by atoms with Crippen molar-refractivity contribution in [2.24, 2.45) is 5.92 Å². The highest BCUT2D eigenvalue weighted by Crippen LogP contribution is 2.28. The van der Waals surface area contributed by atoms with E-state index in [9.17, 15) is 14.7 Å². The molecule has 0 radical (unpaired) electrons. The van der Waals surface area contributed by atoms with Crippen molar-refractivity contribution in [2.45, 2.75) is 26.3 Å². The van der Waals surface area contributed by atoms with E-state index in [-0.39, 0.29) is 11.9 Å². The second-order valence-electron chi connectivity index (χ2n) is 5.11. The largest absolute Gasteiger partial charge is 0.480 e. The molecular formula is C14H17BrN2O3. The number of carboxylic acids is 1. The molecular weight excluding hydrogens is 324 g/mol. The topological polar surface area (TPSA) is 69.6 Å². The lowest BCUT2D eigenvalue weighted by molar-refractivity contribution is -0.142. The fourth-order valence-corrected chi connectivity index (χ4v) is 2.85. The van der Waals surface area contributed by atoms with Gasteiger partial charge in [-0.05, 0) is 46.8 Å². The third kappa shape index (κ3) is 2.80. The second kappa shape index (κ2) is 5.83. The molecule has 108 valence electrons. The number of nitrogens with one attached hydrogen (secondary N) is 1. The zero-order valence-corrected chi connectivity index (χ0v) is 13.0. The smallest absolute Gasteiger partial charge is 0.326 e. The number of aryl methyl sites for hydroxylation is 1. The maximum Gasteiger partial charge on any atom is 0.326 e. The predicted octanol–water partition coefficient (Wildman–Crippen LogP) is 3.08. The van der Waals surface area contributed by atoms with E-state index in [2.05, 4.69) is 21.2 Å². The van der Waals surface area contributed by atoms with Gasteiger partial charge in [0.2, 0.25) is 0 Å². The highest BCUT2D eigenvalue weighted by Gasteiger charge is 2.39. The van der Waals surface area contributed by atoms with E-state index in [1.165, 1.54) is 4.90 Å². The number of hydrogen-bond donors (Lipinski definition) is 2. The average Bonchev–Trinajstić information content (AvgIpc) is 2.77. The summed E-state index contributed by atoms with van der Waals surface area (Å²) in [4.78, 5) is 24.9. The van der Waals surface area contributed by atoms with Gasteiger partial charge in [0.25, 0.3) is 0 Å². The highest BCUT2D eigenvalue weighted by atomic mass is 79.9. The van der Waals surface area contributed by atoms with Crippen molar-refractivity contribution in [3.63, 3.8) is 0 Å². The number of rotatable bonds is 2. The molecule has 0 aliphatic carbocycles. The maximum absolute atomic E-state index is 12.3. The Balaban J connectivity index is 2.16. The fourth-order valence-electron chi connectivity index (χ4n) is 2.48. The van der Waals surface area contributed by atoms with Crippen LogP contribution in [0.25, 0.3) is 0 Å². The Morgan fingerprint density at radius 2 is 2.15 bits per heavy atom. The fraction of sp³-hybridized carbons (Fsp3) is 0.429. The summed E-state index contributed by atoms with van der Waals surface area (Å²) >= 11 is 3.42. The Morgan fingerprint density at radius 1 is 1.45 bits per heavy atom. The molecule has 1 aliphatic heterocycles. The second-order valence-corrected chi connectivity index (χ2v) is 5.90. The molecule has 0 bridgehead atoms. The third-order valence-corrected chi connectivity index (χ3v) is 4.70. The highest BCUT2D eigenvalue weighted by molar-refractivity contribution is 9.10. The lowest BCUT2D eigenvalue weighted by atomic mass is 10.0. The molecule has 0 aromatic heterocycles. The summed E-state index contributed by atoms with van der Waals surface area (Å²) in [5.41, 5.74) is 1.66. The molecule has 1 saturated heterocycles. The number of amides is 2. The van der Waals surface area contributed by atoms with E-state index in [1.54, 1.807) is 6.07 Å². The Morgan fingerprint density at radius 3 is 2.80 bits per heavy atom. The van der Waals surface area contributed by atoms with Crippen LogP contribution in [0.4, 0.5) is 10.5 Å². The number of benzene rings is 1. The van der Waals surface area contributed by atoms with Crippen LogP contribution in [0.15, 0.2) is 22.7 Å². The number of carbonyl (C=O) groups is 2. The first kappa shape index (κ1) is 14.8. The van der Waals surface area contributed by atoms with E-state index in [1.807, 2.05) is 26.0 Å². The molecule has 0 saturated carbocycles. The summed E-state index contributed by atoms with van der Waals surface area (Å²) < 4.78 is 0.812. The molecule has 2 atom stereocenters. The van der Waals surface area contributed by atoms with Crippen LogP contribution >= 0.6 is 15.9 Å². The minimum absolute atomic E-state index is 0.0285. The zero-order chi connectivity index (χ0) is 14.9. The van der Waals surface area contributed by atoms with Gasteiger partial charge in [0.1, 0.15) is 6.04 Å². The summed E-state index contributed by atoms with van der Waals surface area (Å²) in [6.45, 7) is 4.25. The molecule has 0 spiro atoms. The van der Waals surface area contributed by atoms with Gasteiger partial charge in [0.05, 0.1) is 5.69 Å². The number of urea groups is 1. The monoisotopic (exact) mass is 340 g/mol. The molecule has 1 aromatic carbocycles. The van der Waals surface area contributed by atoms with Gasteiger partial charge in [-0.1, -0.05) is 19.1 Å². The van der Waals surface area contributed by atoms with E-state index in [0.717, 1.165) is 10.0 Å². The van der Waals surface area contributed by atoms with E-state index in [0.29, 0.717) is 18.7 Å². The van der Waals surface area contributed by atoms with E-state index < -0.39 is 12.0 Å². The maximum atomic E-state index is 12.3. The van der Waals surface area contributed by atoms with Gasteiger partial charge in [-0.3, -0.25) is 0 Å². The lowest BCUT2D eigenvalue weighted by Crippen LogP contribution is -2.44. The van der Waals surface area contributed by atoms with Crippen LogP contribution in [0.1, 0.15) is 18.9 Å². The van der Waals surface area contributed by atoms with Crippen LogP contribution < -0.4 is 5.32 Å². The van der Waals surface area contributed by atoms with Crippen molar-refractivity contribution in [3.05, 3.63) is 28.2 Å². The number of hydrogen-bond acceptors (Lipinski definition) is 2. The molecule has 2 unspecified atom stereocenters. The van der Waals surface area contributed by atoms with Gasteiger partial charge in [-0.2, -0.15) is 0 Å². The molecule has 1 aliphatic rings. The van der Waals surface area contributed by atoms with Crippen LogP contribution in [0.3, 0.4) is 0 Å². The first-order valence-corrected chi connectivity index (χ1v) is 7.26. The van der Waals surface area contributed by atoms with Gasteiger partial charge >= 0.3 is 12.0 Å². The lowest BCUT2D eigenvalue weighted by Gasteiger charge is -2.24. The molecule has 2 N–H and O–H groups in total. The number of carboxylic acid groups (broad SMARTS) is 1. The van der Waals surface area contributed by atoms with Gasteiger partial charge in [0.15, 0.2) is 0 Å². The molecule has 2 rings (SSSR count). The van der Waals surface area contributed by atoms with Gasteiger partial charge in [0, 0.05) is 11.0 Å². The predicted molar refractivity (Wildman–Crippen MR) is 79.8 cm³/mol. The Hall–Kier alpha value is -1.56. The molecule has 5 nitrogen and oxygen atoms in total. The number of halogens is 1. The Kier molecular flexibility index (Phi) is 4.32. The van der Waals surface area contributed by atoms with Crippen LogP contribution in [0, 0.1) is 12.8 Å². The quantitative estimate of drug-likeness (QED) is 0.869. The molecule has 1 aromatic rings. The molecule has 1 fully saturated rings. The van der Waals surface area contributed by atoms with Gasteiger partial charge in [-0.25, -0.2) is 9.59 Å². The summed E-state index contributed by atoms with van der Waals surface area (Å²) in [5, 5.41) is 12.0. The van der Waals surface area contributed by atoms with E-state index in [4.69, 9.17) is 0 Å². The molecule has 2 amide bonds. The minimum atomic E-state index is -0.951. The standard InChI is InChI=1S/C14H17BrN2O3/c1-8-4-3-5-10(11(8)15)16-14(20)17-7-6-9(2)12(17)13(18)19/h3-5,9,12H,6-7H2,1-2H3,(H,16,20)(H,18,19). The van der Waals surface area contributed by atoms with Crippen molar-refractivity contribution < 1.29 is 14.7 Å². The third-order valence-electron chi connectivity index (χ3n) is 3.65. The summed E-state index contributed by atoms with van der Waals surface area (Å²) in [6.07, 6.45) is 0.708. The number of nitrogens with zero attached hydrogens (tertiary/aromatic N) is 1. The normalized spacial score (nSPS) is 21.9. The number of aliphatic carboxylic acids is 1. The SMILES string of the molecule is Cc1cccc(NC(=O)N2CCC(C)C2C(=O)O)c1Br. The van der Waals surface area contributed by atoms with Crippen molar-refractivity contribution in [1.82, 2.24) is 4.90 Å². The number of likely N-dealkylation sites (tertiary alicyclic amines) is 1. The van der Waals surface area contributed by atoms with Gasteiger partial charge in [-0.15, -0.1) is 0 Å². The molecule has 20 heavy (non-hydrogen) atoms. The van der Waals surface area contributed by atoms with Crippen LogP contribution in [-0.2, 0) is 4.79 Å². The van der Waals surface area contributed by atoms with Gasteiger partial charge < -0.3 is 15.3 Å². The van der Waals surface area contributed by atoms with Crippen molar-refractivity contribution in [3.8, 4) is 0 Å². The van der Waals surface area contributed by atoms with Crippen LogP contribution in [0.5, 0.6) is 0 Å². The molecule has 6 heteroatoms. The average molecular weight is 341 g/mol. The van der Waals surface area contributed by atoms with Crippen molar-refractivity contribution in [1.29, 1.82) is 0 Å². The van der Waals surface area contributed by atoms with Crippen LogP contribution in [-0.4, -0.2) is 34.6 Å². The zero-order valence-electron chi connectivity index (χ0n) is 11.4. The minimum Gasteiger partial charge on any atom is -0.480 e. The van der Waals surface area contributed by atoms with E-state index >= 15 is 0 Å². The summed E-state index contributed by atoms with van der Waals surface area (Å²) in [5.74, 6) is -0.979. The summed E-state index contributed by atoms with van der Waals surface area (Å²) in [7, 11) is 0.